The molecule has 0 radical (unpaired) electrons. The Bertz CT molecular complexity index is 227. The first-order valence-electron chi connectivity index (χ1n) is 5.06. The number of nitrogens with zero attached hydrogens (tertiary/aromatic N) is 2. The maximum Gasteiger partial charge on any atom is 0.215 e. The molecule has 0 spiro atoms. The Morgan fingerprint density at radius 3 is 2.43 bits per heavy atom. The molecule has 5 heteroatoms. The highest BCUT2D eigenvalue weighted by Gasteiger charge is 2.18. The first-order chi connectivity index (χ1) is 6.63. The van der Waals surface area contributed by atoms with E-state index >= 15 is 0 Å². The van der Waals surface area contributed by atoms with Crippen molar-refractivity contribution in [1.82, 2.24) is 4.90 Å². The Hall–Kier alpha value is -1.26. The third kappa shape index (κ3) is 2.90. The first kappa shape index (κ1) is 10.8. The highest BCUT2D eigenvalue weighted by molar-refractivity contribution is 5.91. The fourth-order valence-electron chi connectivity index (χ4n) is 1.76. The second kappa shape index (κ2) is 4.83. The Morgan fingerprint density at radius 1 is 1.43 bits per heavy atom. The van der Waals surface area contributed by atoms with Crippen LogP contribution in [0, 0.1) is 11.3 Å². The maximum atomic E-state index is 7.00. The van der Waals surface area contributed by atoms with Crippen molar-refractivity contribution in [1.29, 1.82) is 5.41 Å². The predicted molar refractivity (Wildman–Crippen MR) is 58.1 cm³/mol. The van der Waals surface area contributed by atoms with Crippen LogP contribution >= 0.6 is 0 Å². The summed E-state index contributed by atoms with van der Waals surface area (Å²) in [5, 5.41) is 7.00. The van der Waals surface area contributed by atoms with Gasteiger partial charge in [0.15, 0.2) is 5.96 Å². The third-order valence-corrected chi connectivity index (χ3v) is 2.75. The molecule has 0 saturated carbocycles. The molecule has 0 aliphatic carbocycles. The minimum absolute atomic E-state index is 0.222. The molecule has 5 nitrogen and oxygen atoms in total. The number of nitrogens with one attached hydrogen (secondary N) is 1. The van der Waals surface area contributed by atoms with Crippen LogP contribution in [0.5, 0.6) is 0 Å². The Balaban J connectivity index is 2.45. The average molecular weight is 197 g/mol. The van der Waals surface area contributed by atoms with Gasteiger partial charge in [-0.25, -0.2) is 0 Å². The van der Waals surface area contributed by atoms with E-state index < -0.39 is 0 Å². The van der Waals surface area contributed by atoms with Crippen LogP contribution in [0.4, 0.5) is 0 Å². The van der Waals surface area contributed by atoms with Gasteiger partial charge < -0.3 is 16.4 Å². The highest BCUT2D eigenvalue weighted by atomic mass is 15.3. The molecule has 0 aromatic rings. The topological polar surface area (TPSA) is 91.5 Å². The summed E-state index contributed by atoms with van der Waals surface area (Å²) in [6.45, 7) is 4.08. The van der Waals surface area contributed by atoms with Crippen molar-refractivity contribution < 1.29 is 0 Å². The molecule has 14 heavy (non-hydrogen) atoms. The van der Waals surface area contributed by atoms with Crippen LogP contribution in [0.25, 0.3) is 0 Å². The van der Waals surface area contributed by atoms with Crippen LogP contribution in [-0.4, -0.2) is 29.9 Å². The SMILES string of the molecule is CCC1CCN(/C(N)=N/C(=N)N)CC1. The third-order valence-electron chi connectivity index (χ3n) is 2.75. The van der Waals surface area contributed by atoms with Crippen molar-refractivity contribution in [2.45, 2.75) is 26.2 Å². The number of piperidine rings is 1. The average Bonchev–Trinajstić information content (AvgIpc) is 2.17. The van der Waals surface area contributed by atoms with Crippen molar-refractivity contribution in [2.24, 2.45) is 22.4 Å². The largest absolute Gasteiger partial charge is 0.369 e. The molecule has 1 heterocycles. The van der Waals surface area contributed by atoms with E-state index in [0.29, 0.717) is 5.96 Å². The monoisotopic (exact) mass is 197 g/mol. The molecule has 0 unspecified atom stereocenters. The Labute approximate surface area is 84.7 Å². The lowest BCUT2D eigenvalue weighted by Gasteiger charge is -2.32. The van der Waals surface area contributed by atoms with Gasteiger partial charge in [-0.05, 0) is 18.8 Å². The van der Waals surface area contributed by atoms with Gasteiger partial charge in [0.05, 0.1) is 0 Å². The minimum atomic E-state index is -0.222. The second-order valence-electron chi connectivity index (χ2n) is 3.69. The summed E-state index contributed by atoms with van der Waals surface area (Å²) in [6.07, 6.45) is 3.55. The number of guanidine groups is 2. The number of aliphatic imine (C=N–C) groups is 1. The van der Waals surface area contributed by atoms with E-state index in [2.05, 4.69) is 11.9 Å². The zero-order valence-corrected chi connectivity index (χ0v) is 8.66. The molecular weight excluding hydrogens is 178 g/mol. The molecule has 1 aliphatic rings. The van der Waals surface area contributed by atoms with E-state index in [1.54, 1.807) is 0 Å². The normalized spacial score (nSPS) is 19.8. The maximum absolute atomic E-state index is 7.00. The molecule has 1 aliphatic heterocycles. The van der Waals surface area contributed by atoms with Gasteiger partial charge in [-0.2, -0.15) is 4.99 Å². The molecule has 1 fully saturated rings. The smallest absolute Gasteiger partial charge is 0.215 e. The van der Waals surface area contributed by atoms with Gasteiger partial charge in [0.2, 0.25) is 5.96 Å². The number of hydrogen-bond acceptors (Lipinski definition) is 1. The summed E-state index contributed by atoms with van der Waals surface area (Å²) in [6, 6.07) is 0. The zero-order valence-electron chi connectivity index (χ0n) is 8.66. The van der Waals surface area contributed by atoms with Gasteiger partial charge in [0.25, 0.3) is 0 Å². The van der Waals surface area contributed by atoms with E-state index in [1.807, 2.05) is 4.90 Å². The van der Waals surface area contributed by atoms with E-state index in [0.717, 1.165) is 31.8 Å². The van der Waals surface area contributed by atoms with E-state index in [4.69, 9.17) is 16.9 Å². The zero-order chi connectivity index (χ0) is 10.6. The van der Waals surface area contributed by atoms with Crippen molar-refractivity contribution in [2.75, 3.05) is 13.1 Å². The molecule has 0 amide bonds. The molecule has 5 N–H and O–H groups in total. The van der Waals surface area contributed by atoms with Crippen LogP contribution < -0.4 is 11.5 Å². The molecule has 0 bridgehead atoms. The summed E-state index contributed by atoms with van der Waals surface area (Å²) in [4.78, 5) is 5.73. The van der Waals surface area contributed by atoms with Crippen LogP contribution in [0.2, 0.25) is 0 Å². The number of hydrogen-bond donors (Lipinski definition) is 3. The van der Waals surface area contributed by atoms with Crippen molar-refractivity contribution in [3.8, 4) is 0 Å². The van der Waals surface area contributed by atoms with Crippen molar-refractivity contribution >= 4 is 11.9 Å². The Morgan fingerprint density at radius 2 is 2.00 bits per heavy atom. The summed E-state index contributed by atoms with van der Waals surface area (Å²) in [7, 11) is 0. The Kier molecular flexibility index (Phi) is 3.73. The fourth-order valence-corrected chi connectivity index (χ4v) is 1.76. The second-order valence-corrected chi connectivity index (χ2v) is 3.69. The van der Waals surface area contributed by atoms with Gasteiger partial charge >= 0.3 is 0 Å². The summed E-state index contributed by atoms with van der Waals surface area (Å²) in [5.41, 5.74) is 10.8. The lowest BCUT2D eigenvalue weighted by Crippen LogP contribution is -2.43. The number of nitrogens with two attached hydrogens (primary N) is 2. The van der Waals surface area contributed by atoms with Gasteiger partial charge in [0, 0.05) is 13.1 Å². The summed E-state index contributed by atoms with van der Waals surface area (Å²) in [5.74, 6) is 0.976. The lowest BCUT2D eigenvalue weighted by molar-refractivity contribution is 0.260. The summed E-state index contributed by atoms with van der Waals surface area (Å²) >= 11 is 0. The number of rotatable bonds is 1. The van der Waals surface area contributed by atoms with E-state index in [1.165, 1.54) is 6.42 Å². The fraction of sp³-hybridized carbons (Fsp3) is 0.778. The molecule has 0 aromatic carbocycles. The van der Waals surface area contributed by atoms with Crippen LogP contribution in [0.15, 0.2) is 4.99 Å². The number of likely N-dealkylation sites (tertiary alicyclic amines) is 1. The molecule has 80 valence electrons. The van der Waals surface area contributed by atoms with Crippen LogP contribution in [-0.2, 0) is 0 Å². The van der Waals surface area contributed by atoms with Gasteiger partial charge in [-0.15, -0.1) is 0 Å². The molecular formula is C9H19N5. The van der Waals surface area contributed by atoms with Crippen molar-refractivity contribution in [3.05, 3.63) is 0 Å². The molecule has 1 rings (SSSR count). The van der Waals surface area contributed by atoms with Gasteiger partial charge in [-0.3, -0.25) is 5.41 Å². The predicted octanol–water partition coefficient (Wildman–Crippen LogP) is 0.317. The quantitative estimate of drug-likeness (QED) is 0.417. The van der Waals surface area contributed by atoms with Gasteiger partial charge in [-0.1, -0.05) is 13.3 Å². The molecule has 0 atom stereocenters. The van der Waals surface area contributed by atoms with E-state index in [-0.39, 0.29) is 5.96 Å². The van der Waals surface area contributed by atoms with Crippen LogP contribution in [0.1, 0.15) is 26.2 Å². The minimum Gasteiger partial charge on any atom is -0.369 e. The van der Waals surface area contributed by atoms with Gasteiger partial charge in [0.1, 0.15) is 0 Å². The first-order valence-corrected chi connectivity index (χ1v) is 5.06. The van der Waals surface area contributed by atoms with Crippen LogP contribution in [0.3, 0.4) is 0 Å². The standard InChI is InChI=1S/C9H19N5/c1-2-7-3-5-14(6-4-7)9(12)13-8(10)11/h7H,2-6H2,1H3,(H5,10,11,12,13). The lowest BCUT2D eigenvalue weighted by atomic mass is 9.95. The summed E-state index contributed by atoms with van der Waals surface area (Å²) < 4.78 is 0. The highest BCUT2D eigenvalue weighted by Crippen LogP contribution is 2.19. The molecule has 0 aromatic heterocycles. The molecule has 1 saturated heterocycles. The van der Waals surface area contributed by atoms with E-state index in [9.17, 15) is 0 Å². The van der Waals surface area contributed by atoms with Crippen molar-refractivity contribution in [3.63, 3.8) is 0 Å².